The summed E-state index contributed by atoms with van der Waals surface area (Å²) in [5.74, 6) is 0.621. The molecule has 2 aromatic heterocycles. The maximum absolute atomic E-state index is 12.8. The fourth-order valence-corrected chi connectivity index (χ4v) is 3.74. The molecule has 0 unspecified atom stereocenters. The first kappa shape index (κ1) is 17.3. The second-order valence-electron chi connectivity index (χ2n) is 6.38. The summed E-state index contributed by atoms with van der Waals surface area (Å²) in [7, 11) is 1.64. The van der Waals surface area contributed by atoms with Gasteiger partial charge in [0, 0.05) is 22.8 Å². The Hall–Kier alpha value is -3.12. The van der Waals surface area contributed by atoms with Crippen LogP contribution in [-0.4, -0.2) is 22.4 Å². The van der Waals surface area contributed by atoms with Gasteiger partial charge in [-0.25, -0.2) is 4.98 Å². The number of thiazole rings is 1. The van der Waals surface area contributed by atoms with Crippen molar-refractivity contribution in [2.45, 2.75) is 13.8 Å². The fourth-order valence-electron chi connectivity index (χ4n) is 2.88. The fraction of sp³-hybridized carbons (Fsp3) is 0.143. The standard InChI is InChI=1S/C21H19N3O2S/c1-13-7-8-16(9-14(13)2)22-20(25)19-12-27-21-23-18(11-24(19)21)15-5-4-6-17(10-15)26-3/h4-12H,1-3H3,(H,22,25). The molecule has 27 heavy (non-hydrogen) atoms. The SMILES string of the molecule is COc1cccc(-c2cn3c(C(=O)Nc4ccc(C)c(C)c4)csc3n2)c1. The Bertz CT molecular complexity index is 1140. The first-order chi connectivity index (χ1) is 13.0. The summed E-state index contributed by atoms with van der Waals surface area (Å²) in [5.41, 5.74) is 5.45. The van der Waals surface area contributed by atoms with Crippen molar-refractivity contribution in [1.29, 1.82) is 0 Å². The molecule has 0 aliphatic heterocycles. The highest BCUT2D eigenvalue weighted by Crippen LogP contribution is 2.26. The van der Waals surface area contributed by atoms with Crippen molar-refractivity contribution in [1.82, 2.24) is 9.38 Å². The van der Waals surface area contributed by atoms with Crippen LogP contribution in [0.15, 0.2) is 54.0 Å². The van der Waals surface area contributed by atoms with Gasteiger partial charge in [-0.1, -0.05) is 18.2 Å². The third-order valence-corrected chi connectivity index (χ3v) is 5.41. The van der Waals surface area contributed by atoms with Gasteiger partial charge in [0.1, 0.15) is 11.4 Å². The number of nitrogens with zero attached hydrogens (tertiary/aromatic N) is 2. The highest BCUT2D eigenvalue weighted by molar-refractivity contribution is 7.15. The topological polar surface area (TPSA) is 55.6 Å². The molecule has 5 nitrogen and oxygen atoms in total. The maximum atomic E-state index is 12.8. The normalized spacial score (nSPS) is 10.9. The largest absolute Gasteiger partial charge is 0.497 e. The van der Waals surface area contributed by atoms with Gasteiger partial charge in [-0.3, -0.25) is 9.20 Å². The molecular formula is C21H19N3O2S. The predicted octanol–water partition coefficient (Wildman–Crippen LogP) is 4.94. The van der Waals surface area contributed by atoms with Crippen LogP contribution in [0.5, 0.6) is 5.75 Å². The zero-order valence-electron chi connectivity index (χ0n) is 15.3. The Morgan fingerprint density at radius 2 is 2.00 bits per heavy atom. The number of imidazole rings is 1. The van der Waals surface area contributed by atoms with Crippen LogP contribution in [-0.2, 0) is 0 Å². The third-order valence-electron chi connectivity index (χ3n) is 4.57. The van der Waals surface area contributed by atoms with Gasteiger partial charge < -0.3 is 10.1 Å². The van der Waals surface area contributed by atoms with E-state index in [9.17, 15) is 4.79 Å². The van der Waals surface area contributed by atoms with Gasteiger partial charge in [0.05, 0.1) is 12.8 Å². The molecule has 0 bridgehead atoms. The van der Waals surface area contributed by atoms with Gasteiger partial charge >= 0.3 is 0 Å². The minimum Gasteiger partial charge on any atom is -0.497 e. The zero-order valence-corrected chi connectivity index (χ0v) is 16.1. The summed E-state index contributed by atoms with van der Waals surface area (Å²) in [4.78, 5) is 18.2. The van der Waals surface area contributed by atoms with Crippen LogP contribution in [0.25, 0.3) is 16.2 Å². The number of hydrogen-bond donors (Lipinski definition) is 1. The molecule has 136 valence electrons. The van der Waals surface area contributed by atoms with E-state index < -0.39 is 0 Å². The molecule has 4 aromatic rings. The lowest BCUT2D eigenvalue weighted by Crippen LogP contribution is -2.14. The van der Waals surface area contributed by atoms with Crippen molar-refractivity contribution in [2.24, 2.45) is 0 Å². The smallest absolute Gasteiger partial charge is 0.273 e. The van der Waals surface area contributed by atoms with Crippen LogP contribution < -0.4 is 10.1 Å². The minimum atomic E-state index is -0.154. The second kappa shape index (κ2) is 6.89. The summed E-state index contributed by atoms with van der Waals surface area (Å²) in [6.45, 7) is 4.08. The van der Waals surface area contributed by atoms with E-state index in [1.165, 1.54) is 16.9 Å². The average molecular weight is 377 g/mol. The van der Waals surface area contributed by atoms with Gasteiger partial charge in [-0.15, -0.1) is 11.3 Å². The quantitative estimate of drug-likeness (QED) is 0.548. The van der Waals surface area contributed by atoms with Crippen molar-refractivity contribution in [3.63, 3.8) is 0 Å². The minimum absolute atomic E-state index is 0.154. The van der Waals surface area contributed by atoms with Crippen molar-refractivity contribution in [3.8, 4) is 17.0 Å². The molecule has 0 saturated carbocycles. The Morgan fingerprint density at radius 3 is 2.78 bits per heavy atom. The molecule has 0 aliphatic carbocycles. The molecule has 2 heterocycles. The summed E-state index contributed by atoms with van der Waals surface area (Å²) < 4.78 is 7.11. The van der Waals surface area contributed by atoms with E-state index in [0.29, 0.717) is 5.69 Å². The highest BCUT2D eigenvalue weighted by atomic mass is 32.1. The van der Waals surface area contributed by atoms with Gasteiger partial charge in [0.2, 0.25) is 0 Å². The number of carbonyl (C=O) groups excluding carboxylic acids is 1. The number of hydrogen-bond acceptors (Lipinski definition) is 4. The Morgan fingerprint density at radius 1 is 1.15 bits per heavy atom. The number of methoxy groups -OCH3 is 1. The molecule has 0 saturated heterocycles. The van der Waals surface area contributed by atoms with Crippen molar-refractivity contribution in [2.75, 3.05) is 12.4 Å². The number of nitrogens with one attached hydrogen (secondary N) is 1. The molecule has 0 spiro atoms. The number of benzene rings is 2. The molecule has 1 N–H and O–H groups in total. The lowest BCUT2D eigenvalue weighted by molar-refractivity contribution is 0.102. The van der Waals surface area contributed by atoms with Crippen molar-refractivity contribution >= 4 is 27.9 Å². The number of aryl methyl sites for hydroxylation is 2. The first-order valence-corrected chi connectivity index (χ1v) is 9.43. The van der Waals surface area contributed by atoms with E-state index in [1.54, 1.807) is 7.11 Å². The number of anilines is 1. The molecule has 1 amide bonds. The van der Waals surface area contributed by atoms with Crippen LogP contribution in [0.4, 0.5) is 5.69 Å². The Balaban J connectivity index is 1.65. The summed E-state index contributed by atoms with van der Waals surface area (Å²) in [5, 5.41) is 4.80. The summed E-state index contributed by atoms with van der Waals surface area (Å²) in [6, 6.07) is 13.6. The molecule has 0 radical (unpaired) electrons. The number of ether oxygens (including phenoxy) is 1. The zero-order chi connectivity index (χ0) is 19.0. The van der Waals surface area contributed by atoms with Crippen LogP contribution in [0.2, 0.25) is 0 Å². The van der Waals surface area contributed by atoms with Gasteiger partial charge in [0.25, 0.3) is 5.91 Å². The maximum Gasteiger partial charge on any atom is 0.273 e. The number of carbonyl (C=O) groups is 1. The highest BCUT2D eigenvalue weighted by Gasteiger charge is 2.16. The lowest BCUT2D eigenvalue weighted by atomic mass is 10.1. The first-order valence-electron chi connectivity index (χ1n) is 8.55. The van der Waals surface area contributed by atoms with E-state index in [4.69, 9.17) is 4.74 Å². The second-order valence-corrected chi connectivity index (χ2v) is 7.22. The number of rotatable bonds is 4. The average Bonchev–Trinajstić information content (AvgIpc) is 3.25. The number of fused-ring (bicyclic) bond motifs is 1. The van der Waals surface area contributed by atoms with E-state index >= 15 is 0 Å². The summed E-state index contributed by atoms with van der Waals surface area (Å²) >= 11 is 1.44. The third kappa shape index (κ3) is 3.31. The molecular weight excluding hydrogens is 358 g/mol. The molecule has 6 heteroatoms. The van der Waals surface area contributed by atoms with E-state index in [-0.39, 0.29) is 5.91 Å². The molecule has 0 aliphatic rings. The number of amides is 1. The molecule has 0 fully saturated rings. The molecule has 0 atom stereocenters. The van der Waals surface area contributed by atoms with E-state index in [1.807, 2.05) is 65.4 Å². The van der Waals surface area contributed by atoms with Gasteiger partial charge in [0.15, 0.2) is 4.96 Å². The van der Waals surface area contributed by atoms with Crippen LogP contribution in [0.3, 0.4) is 0 Å². The Kier molecular flexibility index (Phi) is 4.41. The summed E-state index contributed by atoms with van der Waals surface area (Å²) in [6.07, 6.45) is 1.88. The molecule has 2 aromatic carbocycles. The van der Waals surface area contributed by atoms with Crippen molar-refractivity contribution in [3.05, 3.63) is 70.9 Å². The predicted molar refractivity (Wildman–Crippen MR) is 109 cm³/mol. The number of aromatic nitrogens is 2. The Labute approximate surface area is 161 Å². The van der Waals surface area contributed by atoms with Gasteiger partial charge in [-0.05, 0) is 49.2 Å². The molecule has 4 rings (SSSR count). The lowest BCUT2D eigenvalue weighted by Gasteiger charge is -2.07. The van der Waals surface area contributed by atoms with Crippen LogP contribution in [0, 0.1) is 13.8 Å². The van der Waals surface area contributed by atoms with Crippen LogP contribution in [0.1, 0.15) is 21.6 Å². The van der Waals surface area contributed by atoms with E-state index in [2.05, 4.69) is 17.2 Å². The van der Waals surface area contributed by atoms with E-state index in [0.717, 1.165) is 33.2 Å². The monoisotopic (exact) mass is 377 g/mol. The van der Waals surface area contributed by atoms with Crippen LogP contribution >= 0.6 is 11.3 Å². The van der Waals surface area contributed by atoms with Gasteiger partial charge in [-0.2, -0.15) is 0 Å². The van der Waals surface area contributed by atoms with Crippen molar-refractivity contribution < 1.29 is 9.53 Å².